The van der Waals surface area contributed by atoms with Crippen molar-refractivity contribution in [2.24, 2.45) is 0 Å². The second-order valence-electron chi connectivity index (χ2n) is 3.71. The van der Waals surface area contributed by atoms with Crippen molar-refractivity contribution in [1.29, 1.82) is 0 Å². The third-order valence-electron chi connectivity index (χ3n) is 2.62. The summed E-state index contributed by atoms with van der Waals surface area (Å²) in [6.07, 6.45) is 4.14. The van der Waals surface area contributed by atoms with Crippen LogP contribution in [0.25, 0.3) is 22.4 Å². The van der Waals surface area contributed by atoms with Gasteiger partial charge in [-0.2, -0.15) is 0 Å². The fourth-order valence-electron chi connectivity index (χ4n) is 1.75. The minimum Gasteiger partial charge on any atom is -0.338 e. The molecule has 0 atom stereocenters. The van der Waals surface area contributed by atoms with Crippen LogP contribution in [0.15, 0.2) is 42.7 Å². The number of nitrogens with zero attached hydrogens (tertiary/aromatic N) is 2. The number of carbonyl (C=O) groups excluding carboxylic acids is 1. The van der Waals surface area contributed by atoms with Crippen LogP contribution in [-0.2, 0) is 0 Å². The van der Waals surface area contributed by atoms with E-state index in [4.69, 9.17) is 0 Å². The molecule has 4 nitrogen and oxygen atoms in total. The summed E-state index contributed by atoms with van der Waals surface area (Å²) in [5.74, 6) is 0. The number of aromatic amines is 1. The molecule has 0 unspecified atom stereocenters. The van der Waals surface area contributed by atoms with Crippen LogP contribution in [0.1, 0.15) is 10.4 Å². The van der Waals surface area contributed by atoms with Crippen molar-refractivity contribution in [3.05, 3.63) is 48.3 Å². The van der Waals surface area contributed by atoms with Crippen LogP contribution in [0.5, 0.6) is 0 Å². The molecule has 0 saturated carbocycles. The molecule has 0 fully saturated rings. The van der Waals surface area contributed by atoms with Gasteiger partial charge in [-0.1, -0.05) is 24.3 Å². The molecule has 0 bridgehead atoms. The Bertz CT molecular complexity index is 637. The molecule has 0 aliphatic heterocycles. The van der Waals surface area contributed by atoms with Gasteiger partial charge in [0, 0.05) is 23.7 Å². The summed E-state index contributed by atoms with van der Waals surface area (Å²) < 4.78 is 0. The summed E-state index contributed by atoms with van der Waals surface area (Å²) in [5, 5.41) is 0. The van der Waals surface area contributed by atoms with Crippen molar-refractivity contribution < 1.29 is 4.79 Å². The summed E-state index contributed by atoms with van der Waals surface area (Å²) in [6.45, 7) is 0. The number of H-pyrrole nitrogens is 1. The number of aldehydes is 1. The zero-order valence-corrected chi connectivity index (χ0v) is 8.92. The summed E-state index contributed by atoms with van der Waals surface area (Å²) >= 11 is 0. The molecule has 0 amide bonds. The highest BCUT2D eigenvalue weighted by Gasteiger charge is 2.04. The Labute approximate surface area is 97.3 Å². The second-order valence-corrected chi connectivity index (χ2v) is 3.71. The van der Waals surface area contributed by atoms with Gasteiger partial charge in [0.25, 0.3) is 0 Å². The molecule has 0 radical (unpaired) electrons. The van der Waals surface area contributed by atoms with Crippen LogP contribution in [0.2, 0.25) is 0 Å². The largest absolute Gasteiger partial charge is 0.338 e. The van der Waals surface area contributed by atoms with Crippen molar-refractivity contribution >= 4 is 17.5 Å². The standard InChI is InChI=1S/C13H9N3O/c17-8-9-1-3-10(4-2-9)11-7-12-13(16-11)15-6-5-14-12/h1-8H,(H,15,16). The zero-order valence-electron chi connectivity index (χ0n) is 8.92. The maximum absolute atomic E-state index is 10.6. The first kappa shape index (κ1) is 9.72. The lowest BCUT2D eigenvalue weighted by molar-refractivity contribution is 0.112. The predicted molar refractivity (Wildman–Crippen MR) is 64.7 cm³/mol. The first-order valence-electron chi connectivity index (χ1n) is 5.22. The molecule has 1 aromatic carbocycles. The Morgan fingerprint density at radius 2 is 1.82 bits per heavy atom. The summed E-state index contributed by atoms with van der Waals surface area (Å²) in [4.78, 5) is 22.2. The summed E-state index contributed by atoms with van der Waals surface area (Å²) in [5.41, 5.74) is 4.23. The fourth-order valence-corrected chi connectivity index (χ4v) is 1.75. The van der Waals surface area contributed by atoms with Gasteiger partial charge in [0.1, 0.15) is 11.8 Å². The van der Waals surface area contributed by atoms with Crippen molar-refractivity contribution in [1.82, 2.24) is 15.0 Å². The van der Waals surface area contributed by atoms with Crippen molar-refractivity contribution in [2.45, 2.75) is 0 Å². The van der Waals surface area contributed by atoms with Gasteiger partial charge in [0.15, 0.2) is 5.65 Å². The van der Waals surface area contributed by atoms with E-state index in [1.54, 1.807) is 24.5 Å². The molecule has 82 valence electrons. The van der Waals surface area contributed by atoms with Gasteiger partial charge in [-0.15, -0.1) is 0 Å². The fraction of sp³-hybridized carbons (Fsp3) is 0. The van der Waals surface area contributed by atoms with Crippen molar-refractivity contribution in [3.8, 4) is 11.3 Å². The van der Waals surface area contributed by atoms with E-state index in [1.165, 1.54) is 0 Å². The Hall–Kier alpha value is -2.49. The normalized spacial score (nSPS) is 10.6. The Morgan fingerprint density at radius 3 is 2.53 bits per heavy atom. The third-order valence-corrected chi connectivity index (χ3v) is 2.62. The van der Waals surface area contributed by atoms with Gasteiger partial charge in [0.2, 0.25) is 0 Å². The van der Waals surface area contributed by atoms with Gasteiger partial charge in [-0.3, -0.25) is 9.78 Å². The average molecular weight is 223 g/mol. The molecular weight excluding hydrogens is 214 g/mol. The highest BCUT2D eigenvalue weighted by atomic mass is 16.1. The van der Waals surface area contributed by atoms with E-state index in [0.717, 1.165) is 28.7 Å². The molecule has 4 heteroatoms. The number of carbonyl (C=O) groups is 1. The topological polar surface area (TPSA) is 58.6 Å². The van der Waals surface area contributed by atoms with Crippen LogP contribution in [0.3, 0.4) is 0 Å². The van der Waals surface area contributed by atoms with Gasteiger partial charge in [0.05, 0.1) is 0 Å². The average Bonchev–Trinajstić information content (AvgIpc) is 2.82. The number of rotatable bonds is 2. The van der Waals surface area contributed by atoms with E-state index in [9.17, 15) is 4.79 Å². The number of benzene rings is 1. The van der Waals surface area contributed by atoms with Gasteiger partial charge in [-0.25, -0.2) is 4.98 Å². The van der Waals surface area contributed by atoms with E-state index < -0.39 is 0 Å². The summed E-state index contributed by atoms with van der Waals surface area (Å²) in [6, 6.07) is 9.31. The number of hydrogen-bond donors (Lipinski definition) is 1. The minimum absolute atomic E-state index is 0.668. The Kier molecular flexibility index (Phi) is 2.19. The Balaban J connectivity index is 2.10. The van der Waals surface area contributed by atoms with E-state index in [2.05, 4.69) is 15.0 Å². The molecular formula is C13H9N3O. The molecule has 0 saturated heterocycles. The zero-order chi connectivity index (χ0) is 11.7. The predicted octanol–water partition coefficient (Wildman–Crippen LogP) is 2.44. The molecule has 17 heavy (non-hydrogen) atoms. The molecule has 0 spiro atoms. The van der Waals surface area contributed by atoms with Crippen LogP contribution >= 0.6 is 0 Å². The van der Waals surface area contributed by atoms with E-state index in [1.807, 2.05) is 18.2 Å². The minimum atomic E-state index is 0.668. The SMILES string of the molecule is O=Cc1ccc(-c2cc3nccnc3[nH]2)cc1. The van der Waals surface area contributed by atoms with E-state index >= 15 is 0 Å². The monoisotopic (exact) mass is 223 g/mol. The molecule has 3 rings (SSSR count). The number of nitrogens with one attached hydrogen (secondary N) is 1. The first-order chi connectivity index (χ1) is 8.36. The van der Waals surface area contributed by atoms with Crippen LogP contribution in [0.4, 0.5) is 0 Å². The lowest BCUT2D eigenvalue weighted by Crippen LogP contribution is -1.81. The third kappa shape index (κ3) is 1.69. The lowest BCUT2D eigenvalue weighted by Gasteiger charge is -1.97. The maximum atomic E-state index is 10.6. The maximum Gasteiger partial charge on any atom is 0.156 e. The Morgan fingerprint density at radius 1 is 1.06 bits per heavy atom. The first-order valence-corrected chi connectivity index (χ1v) is 5.22. The molecule has 2 aromatic heterocycles. The highest BCUT2D eigenvalue weighted by molar-refractivity contribution is 5.81. The van der Waals surface area contributed by atoms with Crippen LogP contribution < -0.4 is 0 Å². The van der Waals surface area contributed by atoms with E-state index in [-0.39, 0.29) is 0 Å². The van der Waals surface area contributed by atoms with E-state index in [0.29, 0.717) is 5.56 Å². The molecule has 0 aliphatic rings. The summed E-state index contributed by atoms with van der Waals surface area (Å²) in [7, 11) is 0. The molecule has 2 heterocycles. The molecule has 3 aromatic rings. The van der Waals surface area contributed by atoms with Crippen molar-refractivity contribution in [2.75, 3.05) is 0 Å². The number of fused-ring (bicyclic) bond motifs is 1. The van der Waals surface area contributed by atoms with Crippen LogP contribution in [-0.4, -0.2) is 21.2 Å². The van der Waals surface area contributed by atoms with Crippen molar-refractivity contribution in [3.63, 3.8) is 0 Å². The quantitative estimate of drug-likeness (QED) is 0.679. The second kappa shape index (κ2) is 3.83. The van der Waals surface area contributed by atoms with Gasteiger partial charge >= 0.3 is 0 Å². The number of hydrogen-bond acceptors (Lipinski definition) is 3. The highest BCUT2D eigenvalue weighted by Crippen LogP contribution is 2.21. The molecule has 1 N–H and O–H groups in total. The lowest BCUT2D eigenvalue weighted by atomic mass is 10.1. The smallest absolute Gasteiger partial charge is 0.156 e. The number of aromatic nitrogens is 3. The van der Waals surface area contributed by atoms with Gasteiger partial charge in [-0.05, 0) is 11.6 Å². The molecule has 0 aliphatic carbocycles. The van der Waals surface area contributed by atoms with Crippen LogP contribution in [0, 0.1) is 0 Å². The van der Waals surface area contributed by atoms with Gasteiger partial charge < -0.3 is 4.98 Å².